The van der Waals surface area contributed by atoms with E-state index in [2.05, 4.69) is 5.32 Å². The highest BCUT2D eigenvalue weighted by Gasteiger charge is 2.31. The van der Waals surface area contributed by atoms with Crippen LogP contribution in [0.5, 0.6) is 0 Å². The maximum atomic E-state index is 13.8. The molecule has 2 amide bonds. The van der Waals surface area contributed by atoms with Crippen molar-refractivity contribution in [3.05, 3.63) is 64.7 Å². The first-order valence-corrected chi connectivity index (χ1v) is 15.0. The van der Waals surface area contributed by atoms with Crippen LogP contribution < -0.4 is 9.62 Å². The topological polar surface area (TPSA) is 86.8 Å². The van der Waals surface area contributed by atoms with E-state index in [-0.39, 0.29) is 49.5 Å². The van der Waals surface area contributed by atoms with Gasteiger partial charge in [0.2, 0.25) is 21.8 Å². The number of anilines is 1. The van der Waals surface area contributed by atoms with Crippen molar-refractivity contribution in [2.45, 2.75) is 70.5 Å². The molecule has 1 atom stereocenters. The minimum atomic E-state index is -3.83. The first kappa shape index (κ1) is 29.8. The molecule has 0 aromatic heterocycles. The summed E-state index contributed by atoms with van der Waals surface area (Å²) in [6.07, 6.45) is 5.31. The van der Waals surface area contributed by atoms with E-state index >= 15 is 0 Å². The van der Waals surface area contributed by atoms with Crippen molar-refractivity contribution >= 4 is 39.1 Å². The average Bonchev–Trinajstić information content (AvgIpc) is 3.37. The Morgan fingerprint density at radius 3 is 2.39 bits per heavy atom. The van der Waals surface area contributed by atoms with E-state index < -0.39 is 27.7 Å². The Kier molecular flexibility index (Phi) is 10.5. The predicted molar refractivity (Wildman–Crippen MR) is 144 cm³/mol. The molecule has 0 heterocycles. The molecule has 1 unspecified atom stereocenters. The molecule has 1 aliphatic rings. The van der Waals surface area contributed by atoms with Gasteiger partial charge in [0.1, 0.15) is 6.04 Å². The van der Waals surface area contributed by atoms with Gasteiger partial charge in [-0.15, -0.1) is 0 Å². The molecular formula is C27H34ClF2N3O4S. The maximum absolute atomic E-state index is 13.8. The van der Waals surface area contributed by atoms with E-state index in [4.69, 9.17) is 11.6 Å². The van der Waals surface area contributed by atoms with Gasteiger partial charge in [0.25, 0.3) is 0 Å². The lowest BCUT2D eigenvalue weighted by Gasteiger charge is -2.32. The third kappa shape index (κ3) is 7.89. The Labute approximate surface area is 228 Å². The number of carbonyl (C=O) groups excluding carboxylic acids is 2. The van der Waals surface area contributed by atoms with Crippen molar-refractivity contribution in [3.8, 4) is 0 Å². The molecule has 0 aliphatic heterocycles. The van der Waals surface area contributed by atoms with E-state index in [1.807, 2.05) is 6.92 Å². The van der Waals surface area contributed by atoms with E-state index in [1.165, 1.54) is 11.0 Å². The molecule has 38 heavy (non-hydrogen) atoms. The molecule has 2 aromatic rings. The second-order valence-electron chi connectivity index (χ2n) is 9.56. The Hall–Kier alpha value is -2.72. The fourth-order valence-electron chi connectivity index (χ4n) is 4.74. The van der Waals surface area contributed by atoms with Crippen LogP contribution in [0, 0.1) is 11.6 Å². The van der Waals surface area contributed by atoms with Crippen LogP contribution in [0.3, 0.4) is 0 Å². The van der Waals surface area contributed by atoms with E-state index in [0.29, 0.717) is 17.0 Å². The molecule has 7 nitrogen and oxygen atoms in total. The van der Waals surface area contributed by atoms with Gasteiger partial charge in [0.15, 0.2) is 11.6 Å². The lowest BCUT2D eigenvalue weighted by molar-refractivity contribution is -0.141. The monoisotopic (exact) mass is 569 g/mol. The summed E-state index contributed by atoms with van der Waals surface area (Å²) in [5.41, 5.74) is 0.656. The van der Waals surface area contributed by atoms with Crippen LogP contribution in [0.4, 0.5) is 14.5 Å². The number of halogens is 3. The molecule has 1 fully saturated rings. The van der Waals surface area contributed by atoms with Gasteiger partial charge in [-0.3, -0.25) is 13.9 Å². The summed E-state index contributed by atoms with van der Waals surface area (Å²) >= 11 is 6.36. The lowest BCUT2D eigenvalue weighted by Crippen LogP contribution is -2.51. The number of nitrogens with zero attached hydrogens (tertiary/aromatic N) is 2. The summed E-state index contributed by atoms with van der Waals surface area (Å²) < 4.78 is 52.8. The first-order valence-electron chi connectivity index (χ1n) is 12.8. The number of hydrogen-bond donors (Lipinski definition) is 1. The Bertz CT molecular complexity index is 1240. The van der Waals surface area contributed by atoms with E-state index in [0.717, 1.165) is 48.4 Å². The highest BCUT2D eigenvalue weighted by Crippen LogP contribution is 2.24. The zero-order valence-corrected chi connectivity index (χ0v) is 23.2. The van der Waals surface area contributed by atoms with Crippen molar-refractivity contribution in [2.75, 3.05) is 17.1 Å². The molecule has 208 valence electrons. The molecule has 0 bridgehead atoms. The average molecular weight is 570 g/mol. The summed E-state index contributed by atoms with van der Waals surface area (Å²) in [5, 5.41) is 3.54. The van der Waals surface area contributed by atoms with Crippen LogP contribution in [-0.4, -0.2) is 50.0 Å². The van der Waals surface area contributed by atoms with Gasteiger partial charge >= 0.3 is 0 Å². The van der Waals surface area contributed by atoms with Crippen molar-refractivity contribution in [1.29, 1.82) is 0 Å². The zero-order chi connectivity index (χ0) is 27.9. The van der Waals surface area contributed by atoms with Gasteiger partial charge < -0.3 is 10.2 Å². The van der Waals surface area contributed by atoms with Crippen molar-refractivity contribution < 1.29 is 26.8 Å². The molecule has 1 N–H and O–H groups in total. The van der Waals surface area contributed by atoms with Gasteiger partial charge in [-0.2, -0.15) is 0 Å². The summed E-state index contributed by atoms with van der Waals surface area (Å²) in [5.74, 6) is -2.82. The minimum Gasteiger partial charge on any atom is -0.352 e. The molecular weight excluding hydrogens is 536 g/mol. The number of sulfonamides is 1. The molecule has 2 aromatic carbocycles. The Morgan fingerprint density at radius 2 is 1.79 bits per heavy atom. The molecule has 1 saturated carbocycles. The predicted octanol–water partition coefficient (Wildman–Crippen LogP) is 5.03. The van der Waals surface area contributed by atoms with Crippen LogP contribution in [0.2, 0.25) is 5.02 Å². The quantitative estimate of drug-likeness (QED) is 0.388. The summed E-state index contributed by atoms with van der Waals surface area (Å²) in [6.45, 7) is 1.83. The van der Waals surface area contributed by atoms with Gasteiger partial charge in [-0.25, -0.2) is 17.2 Å². The minimum absolute atomic E-state index is 0.0332. The molecule has 3 rings (SSSR count). The molecule has 1 aliphatic carbocycles. The van der Waals surface area contributed by atoms with Gasteiger partial charge in [-0.05, 0) is 49.4 Å². The van der Waals surface area contributed by atoms with Crippen LogP contribution in [0.1, 0.15) is 57.4 Å². The highest BCUT2D eigenvalue weighted by molar-refractivity contribution is 7.92. The standard InChI is InChI=1S/C27H34ClF2N3O4S/c1-3-25(27(35)31-20-10-5-6-11-20)32(18-19-9-4-7-12-22(19)28)26(34)13-8-16-33(38(2,36)37)21-14-15-23(29)24(30)17-21/h4,7,9,12,14-15,17,20,25H,3,5-6,8,10-11,13,16,18H2,1-2H3,(H,31,35). The molecule has 0 spiro atoms. The molecule has 11 heteroatoms. The number of carbonyl (C=O) groups is 2. The summed E-state index contributed by atoms with van der Waals surface area (Å²) in [7, 11) is -3.83. The zero-order valence-electron chi connectivity index (χ0n) is 21.6. The second-order valence-corrected chi connectivity index (χ2v) is 11.9. The Balaban J connectivity index is 1.77. The molecule has 0 radical (unpaired) electrons. The third-order valence-electron chi connectivity index (χ3n) is 6.73. The maximum Gasteiger partial charge on any atom is 0.243 e. The smallest absolute Gasteiger partial charge is 0.243 e. The highest BCUT2D eigenvalue weighted by atomic mass is 35.5. The number of benzene rings is 2. The summed E-state index contributed by atoms with van der Waals surface area (Å²) in [6, 6.07) is 9.28. The van der Waals surface area contributed by atoms with E-state index in [9.17, 15) is 26.8 Å². The fourth-order valence-corrected chi connectivity index (χ4v) is 5.89. The van der Waals surface area contributed by atoms with Crippen LogP contribution in [-0.2, 0) is 26.2 Å². The van der Waals surface area contributed by atoms with Crippen LogP contribution in [0.25, 0.3) is 0 Å². The third-order valence-corrected chi connectivity index (χ3v) is 8.29. The molecule has 0 saturated heterocycles. The summed E-state index contributed by atoms with van der Waals surface area (Å²) in [4.78, 5) is 28.2. The number of rotatable bonds is 12. The van der Waals surface area contributed by atoms with Crippen molar-refractivity contribution in [1.82, 2.24) is 10.2 Å². The van der Waals surface area contributed by atoms with Crippen molar-refractivity contribution in [3.63, 3.8) is 0 Å². The Morgan fingerprint density at radius 1 is 1.11 bits per heavy atom. The van der Waals surface area contributed by atoms with Crippen LogP contribution >= 0.6 is 11.6 Å². The van der Waals surface area contributed by atoms with Crippen LogP contribution in [0.15, 0.2) is 42.5 Å². The van der Waals surface area contributed by atoms with Gasteiger partial charge in [0, 0.05) is 36.6 Å². The fraction of sp³-hybridized carbons (Fsp3) is 0.481. The van der Waals surface area contributed by atoms with Gasteiger partial charge in [0.05, 0.1) is 11.9 Å². The van der Waals surface area contributed by atoms with Crippen molar-refractivity contribution in [2.24, 2.45) is 0 Å². The van der Waals surface area contributed by atoms with E-state index in [1.54, 1.807) is 24.3 Å². The number of nitrogens with one attached hydrogen (secondary N) is 1. The van der Waals surface area contributed by atoms with Gasteiger partial charge in [-0.1, -0.05) is 49.6 Å². The number of amides is 2. The second kappa shape index (κ2) is 13.4. The number of hydrogen-bond acceptors (Lipinski definition) is 4. The SMILES string of the molecule is CCC(C(=O)NC1CCCC1)N(Cc1ccccc1Cl)C(=O)CCCN(c1ccc(F)c(F)c1)S(C)(=O)=O. The first-order chi connectivity index (χ1) is 18.0. The lowest BCUT2D eigenvalue weighted by atomic mass is 10.1. The largest absolute Gasteiger partial charge is 0.352 e. The normalized spacial score (nSPS) is 14.8.